The van der Waals surface area contributed by atoms with Gasteiger partial charge in [0.1, 0.15) is 6.10 Å². The normalized spacial score (nSPS) is 11.3. The van der Waals surface area contributed by atoms with Gasteiger partial charge in [-0.25, -0.2) is 0 Å². The number of amides is 1. The van der Waals surface area contributed by atoms with E-state index in [-0.39, 0.29) is 57.8 Å². The molecule has 8 heteroatoms. The largest absolute Gasteiger partial charge is 1.00 e. The Morgan fingerprint density at radius 3 is 2.26 bits per heavy atom. The van der Waals surface area contributed by atoms with Crippen LogP contribution in [0.2, 0.25) is 10.0 Å². The Labute approximate surface area is 162 Å². The summed E-state index contributed by atoms with van der Waals surface area (Å²) in [4.78, 5) is 21.7. The fraction of sp³-hybridized carbons (Fsp3) is 0.273. The second-order valence-corrected chi connectivity index (χ2v) is 4.45. The van der Waals surface area contributed by atoms with Crippen LogP contribution in [0.25, 0.3) is 0 Å². The van der Waals surface area contributed by atoms with Crippen LogP contribution in [0.15, 0.2) is 18.2 Å². The van der Waals surface area contributed by atoms with Crippen LogP contribution in [0.4, 0.5) is 5.69 Å². The number of benzene rings is 1. The number of carbonyl (C=O) groups excluding carboxylic acids is 2. The maximum Gasteiger partial charge on any atom is 1.00 e. The number of aliphatic carboxylic acids is 1. The Morgan fingerprint density at radius 2 is 1.79 bits per heavy atom. The quantitative estimate of drug-likeness (QED) is 0.601. The molecular weight excluding hydrogens is 320 g/mol. The van der Waals surface area contributed by atoms with Gasteiger partial charge in [-0.1, -0.05) is 23.2 Å². The minimum atomic E-state index is -1.43. The fourth-order valence-corrected chi connectivity index (χ4v) is 1.76. The molecule has 1 amide bonds. The smallest absolute Gasteiger partial charge is 0.550 e. The first-order valence-corrected chi connectivity index (χ1v) is 5.79. The van der Waals surface area contributed by atoms with Gasteiger partial charge < -0.3 is 20.3 Å². The first kappa shape index (κ1) is 19.3. The predicted octanol–water partition coefficient (Wildman–Crippen LogP) is -2.17. The molecule has 1 aromatic rings. The maximum atomic E-state index is 11.5. The van der Waals surface area contributed by atoms with Crippen LogP contribution in [0.1, 0.15) is 12.8 Å². The number of anilines is 1. The zero-order chi connectivity index (χ0) is 13.7. The number of hydrogen-bond acceptors (Lipinski definition) is 4. The van der Waals surface area contributed by atoms with Crippen molar-refractivity contribution < 1.29 is 71.2 Å². The molecule has 1 aromatic carbocycles. The van der Waals surface area contributed by atoms with Crippen molar-refractivity contribution in [2.45, 2.75) is 18.9 Å². The molecule has 0 bridgehead atoms. The third kappa shape index (κ3) is 7.62. The summed E-state index contributed by atoms with van der Waals surface area (Å²) in [6.07, 6.45) is -2.05. The van der Waals surface area contributed by atoms with Crippen molar-refractivity contribution >= 4 is 40.8 Å². The van der Waals surface area contributed by atoms with Gasteiger partial charge >= 0.3 is 51.4 Å². The third-order valence-electron chi connectivity index (χ3n) is 2.05. The van der Waals surface area contributed by atoms with Crippen LogP contribution in [0.3, 0.4) is 0 Å². The SMILES string of the molecule is O=C([O-])CC[C@@H](O)C(=O)Nc1cc(Cl)cc(Cl)c1.[K+]. The number of halogens is 2. The number of rotatable bonds is 5. The Balaban J connectivity index is 0.00000324. The molecule has 19 heavy (non-hydrogen) atoms. The van der Waals surface area contributed by atoms with E-state index in [1.807, 2.05) is 0 Å². The van der Waals surface area contributed by atoms with Crippen LogP contribution >= 0.6 is 23.2 Å². The Hall–Kier alpha value is 0.336. The third-order valence-corrected chi connectivity index (χ3v) is 2.49. The zero-order valence-electron chi connectivity index (χ0n) is 10.2. The summed E-state index contributed by atoms with van der Waals surface area (Å²) in [5, 5.41) is 22.6. The van der Waals surface area contributed by atoms with Gasteiger partial charge in [0, 0.05) is 21.7 Å². The monoisotopic (exact) mass is 329 g/mol. The van der Waals surface area contributed by atoms with Crippen LogP contribution in [-0.2, 0) is 9.59 Å². The van der Waals surface area contributed by atoms with E-state index in [4.69, 9.17) is 23.2 Å². The van der Waals surface area contributed by atoms with Gasteiger partial charge in [-0.15, -0.1) is 0 Å². The number of carbonyl (C=O) groups is 2. The predicted molar refractivity (Wildman–Crippen MR) is 65.3 cm³/mol. The number of aliphatic hydroxyl groups is 1. The average molecular weight is 330 g/mol. The van der Waals surface area contributed by atoms with Crippen LogP contribution < -0.4 is 61.8 Å². The standard InChI is InChI=1S/C11H11Cl2NO4.K/c12-6-3-7(13)5-8(4-6)14-11(18)9(15)1-2-10(16)17;/h3-5,9,15H,1-2H2,(H,14,18)(H,16,17);/q;+1/p-1/t9-;/m1./s1. The van der Waals surface area contributed by atoms with E-state index in [1.54, 1.807) is 0 Å². The van der Waals surface area contributed by atoms with Gasteiger partial charge in [0.25, 0.3) is 5.91 Å². The Kier molecular flexibility index (Phi) is 9.47. The van der Waals surface area contributed by atoms with E-state index in [0.29, 0.717) is 15.7 Å². The van der Waals surface area contributed by atoms with Gasteiger partial charge in [-0.2, -0.15) is 0 Å². The van der Waals surface area contributed by atoms with E-state index < -0.39 is 24.4 Å². The Morgan fingerprint density at radius 1 is 1.26 bits per heavy atom. The second-order valence-electron chi connectivity index (χ2n) is 3.57. The van der Waals surface area contributed by atoms with Crippen molar-refractivity contribution in [3.8, 4) is 0 Å². The molecule has 1 rings (SSSR count). The number of carboxylic acid groups (broad SMARTS) is 1. The average Bonchev–Trinajstić information content (AvgIpc) is 2.24. The Bertz CT molecular complexity index is 450. The molecule has 0 saturated heterocycles. The van der Waals surface area contributed by atoms with Gasteiger partial charge in [0.15, 0.2) is 0 Å². The van der Waals surface area contributed by atoms with Crippen LogP contribution in [0, 0.1) is 0 Å². The van der Waals surface area contributed by atoms with Gasteiger partial charge in [0.2, 0.25) is 0 Å². The zero-order valence-corrected chi connectivity index (χ0v) is 14.8. The van der Waals surface area contributed by atoms with E-state index >= 15 is 0 Å². The molecule has 98 valence electrons. The first-order chi connectivity index (χ1) is 8.38. The summed E-state index contributed by atoms with van der Waals surface area (Å²) in [7, 11) is 0. The van der Waals surface area contributed by atoms with E-state index in [9.17, 15) is 19.8 Å². The van der Waals surface area contributed by atoms with Crippen molar-refractivity contribution in [1.82, 2.24) is 0 Å². The number of aliphatic hydroxyl groups excluding tert-OH is 1. The minimum Gasteiger partial charge on any atom is -0.550 e. The van der Waals surface area contributed by atoms with Crippen LogP contribution in [-0.4, -0.2) is 23.1 Å². The first-order valence-electron chi connectivity index (χ1n) is 5.03. The molecule has 0 spiro atoms. The molecule has 0 radical (unpaired) electrons. The number of nitrogens with one attached hydrogen (secondary N) is 1. The summed E-state index contributed by atoms with van der Waals surface area (Å²) < 4.78 is 0. The fourth-order valence-electron chi connectivity index (χ4n) is 1.24. The minimum absolute atomic E-state index is 0. The van der Waals surface area contributed by atoms with Crippen LogP contribution in [0.5, 0.6) is 0 Å². The molecule has 0 aliphatic rings. The number of carboxylic acids is 1. The maximum absolute atomic E-state index is 11.5. The summed E-state index contributed by atoms with van der Waals surface area (Å²) in [5.74, 6) is -2.05. The van der Waals surface area contributed by atoms with Crippen molar-refractivity contribution in [3.63, 3.8) is 0 Å². The molecule has 0 fully saturated rings. The van der Waals surface area contributed by atoms with Crippen molar-refractivity contribution in [2.75, 3.05) is 5.32 Å². The second kappa shape index (κ2) is 9.31. The van der Waals surface area contributed by atoms with E-state index in [0.717, 1.165) is 0 Å². The summed E-state index contributed by atoms with van der Waals surface area (Å²) in [5.41, 5.74) is 0.324. The van der Waals surface area contributed by atoms with Crippen molar-refractivity contribution in [3.05, 3.63) is 28.2 Å². The van der Waals surface area contributed by atoms with Crippen molar-refractivity contribution in [2.24, 2.45) is 0 Å². The summed E-state index contributed by atoms with van der Waals surface area (Å²) in [6.45, 7) is 0. The van der Waals surface area contributed by atoms with Gasteiger partial charge in [-0.3, -0.25) is 4.79 Å². The molecule has 1 atom stereocenters. The molecule has 2 N–H and O–H groups in total. The number of hydrogen-bond donors (Lipinski definition) is 2. The summed E-state index contributed by atoms with van der Waals surface area (Å²) in [6, 6.07) is 4.40. The topological polar surface area (TPSA) is 89.5 Å². The molecule has 0 unspecified atom stereocenters. The van der Waals surface area contributed by atoms with Gasteiger partial charge in [-0.05, 0) is 31.0 Å². The molecular formula is C11H10Cl2KNO4. The van der Waals surface area contributed by atoms with Gasteiger partial charge in [0.05, 0.1) is 0 Å². The molecule has 5 nitrogen and oxygen atoms in total. The molecule has 0 aliphatic heterocycles. The molecule has 0 aliphatic carbocycles. The molecule has 0 aromatic heterocycles. The van der Waals surface area contributed by atoms with E-state index in [1.165, 1.54) is 18.2 Å². The summed E-state index contributed by atoms with van der Waals surface area (Å²) >= 11 is 11.5. The molecule has 0 heterocycles. The molecule has 0 saturated carbocycles. The van der Waals surface area contributed by atoms with E-state index in [2.05, 4.69) is 5.32 Å². The van der Waals surface area contributed by atoms with Crippen molar-refractivity contribution in [1.29, 1.82) is 0 Å².